The third kappa shape index (κ3) is 3.53. The predicted molar refractivity (Wildman–Crippen MR) is 53.5 cm³/mol. The molecule has 0 saturated heterocycles. The van der Waals surface area contributed by atoms with Crippen molar-refractivity contribution in [2.75, 3.05) is 11.9 Å². The minimum Gasteiger partial charge on any atom is -0.348 e. The first-order valence-corrected chi connectivity index (χ1v) is 4.92. The monoisotopic (exact) mass is 265 g/mol. The van der Waals surface area contributed by atoms with Gasteiger partial charge in [0.25, 0.3) is 5.92 Å². The highest BCUT2D eigenvalue weighted by molar-refractivity contribution is 9.10. The second-order valence-corrected chi connectivity index (χ2v) is 3.70. The van der Waals surface area contributed by atoms with E-state index < -0.39 is 12.5 Å². The van der Waals surface area contributed by atoms with Gasteiger partial charge >= 0.3 is 0 Å². The van der Waals surface area contributed by atoms with E-state index in [-0.39, 0.29) is 12.4 Å². The molecular formula is C8H10BrF2N3. The first-order valence-electron chi connectivity index (χ1n) is 4.13. The Balaban J connectivity index is 2.50. The molecule has 0 spiro atoms. The molecule has 1 N–H and O–H groups in total. The van der Waals surface area contributed by atoms with E-state index in [1.54, 1.807) is 0 Å². The molecule has 0 atom stereocenters. The van der Waals surface area contributed by atoms with E-state index in [4.69, 9.17) is 0 Å². The van der Waals surface area contributed by atoms with Crippen molar-refractivity contribution in [3.05, 3.63) is 16.9 Å². The zero-order valence-corrected chi connectivity index (χ0v) is 9.18. The van der Waals surface area contributed by atoms with Crippen molar-refractivity contribution < 1.29 is 8.78 Å². The second kappa shape index (κ2) is 4.63. The summed E-state index contributed by atoms with van der Waals surface area (Å²) < 4.78 is 26.3. The van der Waals surface area contributed by atoms with Crippen molar-refractivity contribution in [2.24, 2.45) is 0 Å². The van der Waals surface area contributed by atoms with Crippen LogP contribution in [0.2, 0.25) is 0 Å². The third-order valence-corrected chi connectivity index (χ3v) is 2.05. The van der Waals surface area contributed by atoms with Crippen molar-refractivity contribution in [1.29, 1.82) is 0 Å². The smallest absolute Gasteiger partial charge is 0.264 e. The summed E-state index contributed by atoms with van der Waals surface area (Å²) in [5, 5.41) is 2.47. The second-order valence-electron chi connectivity index (χ2n) is 2.79. The molecule has 0 aliphatic carbocycles. The molecule has 3 nitrogen and oxygen atoms in total. The molecule has 1 aromatic rings. The van der Waals surface area contributed by atoms with Crippen molar-refractivity contribution in [1.82, 2.24) is 9.97 Å². The molecule has 1 aromatic heterocycles. The Hall–Kier alpha value is -0.780. The van der Waals surface area contributed by atoms with E-state index in [0.717, 1.165) is 0 Å². The van der Waals surface area contributed by atoms with Gasteiger partial charge in [-0.1, -0.05) is 6.92 Å². The average molecular weight is 266 g/mol. The fourth-order valence-electron chi connectivity index (χ4n) is 0.737. The van der Waals surface area contributed by atoms with Crippen LogP contribution in [0.25, 0.3) is 0 Å². The minimum absolute atomic E-state index is 0.198. The quantitative estimate of drug-likeness (QED) is 0.910. The highest BCUT2D eigenvalue weighted by Crippen LogP contribution is 2.17. The fourth-order valence-corrected chi connectivity index (χ4v) is 0.942. The first-order chi connectivity index (χ1) is 6.53. The van der Waals surface area contributed by atoms with Gasteiger partial charge in [0.15, 0.2) is 0 Å². The van der Waals surface area contributed by atoms with E-state index in [9.17, 15) is 8.78 Å². The van der Waals surface area contributed by atoms with E-state index >= 15 is 0 Å². The Bertz CT molecular complexity index is 289. The lowest BCUT2D eigenvalue weighted by Crippen LogP contribution is -2.26. The Morgan fingerprint density at radius 3 is 2.50 bits per heavy atom. The number of nitrogens with zero attached hydrogens (tertiary/aromatic N) is 2. The zero-order valence-electron chi connectivity index (χ0n) is 7.60. The molecule has 1 heterocycles. The Kier molecular flexibility index (Phi) is 3.74. The van der Waals surface area contributed by atoms with Gasteiger partial charge < -0.3 is 5.32 Å². The lowest BCUT2D eigenvalue weighted by molar-refractivity contribution is 0.0114. The van der Waals surface area contributed by atoms with Crippen LogP contribution in [0.4, 0.5) is 14.7 Å². The minimum atomic E-state index is -2.71. The molecule has 0 aliphatic rings. The van der Waals surface area contributed by atoms with Gasteiger partial charge in [-0.2, -0.15) is 0 Å². The van der Waals surface area contributed by atoms with Crippen LogP contribution in [0.3, 0.4) is 0 Å². The molecule has 0 amide bonds. The van der Waals surface area contributed by atoms with Crippen molar-refractivity contribution in [2.45, 2.75) is 19.3 Å². The zero-order chi connectivity index (χ0) is 10.6. The third-order valence-electron chi connectivity index (χ3n) is 1.64. The number of alkyl halides is 2. The van der Waals surface area contributed by atoms with E-state index in [2.05, 4.69) is 31.2 Å². The standard InChI is InChI=1S/C8H10BrF2N3/c1-2-8(10,11)5-14-7-12-3-6(9)4-13-7/h3-4H,2,5H2,1H3,(H,12,13,14). The normalized spacial score (nSPS) is 11.4. The van der Waals surface area contributed by atoms with Gasteiger partial charge in [0, 0.05) is 18.8 Å². The summed E-state index contributed by atoms with van der Waals surface area (Å²) >= 11 is 3.15. The average Bonchev–Trinajstić information content (AvgIpc) is 2.17. The molecule has 0 aromatic carbocycles. The van der Waals surface area contributed by atoms with Gasteiger partial charge in [0.1, 0.15) is 0 Å². The highest BCUT2D eigenvalue weighted by Gasteiger charge is 2.25. The topological polar surface area (TPSA) is 37.8 Å². The molecule has 14 heavy (non-hydrogen) atoms. The number of halogens is 3. The van der Waals surface area contributed by atoms with Crippen molar-refractivity contribution in [3.8, 4) is 0 Å². The number of hydrogen-bond donors (Lipinski definition) is 1. The number of anilines is 1. The van der Waals surface area contributed by atoms with Gasteiger partial charge in [-0.05, 0) is 15.9 Å². The number of rotatable bonds is 4. The largest absolute Gasteiger partial charge is 0.348 e. The maximum Gasteiger partial charge on any atom is 0.264 e. The van der Waals surface area contributed by atoms with Crippen LogP contribution < -0.4 is 5.32 Å². The summed E-state index contributed by atoms with van der Waals surface area (Å²) in [6.07, 6.45) is 2.80. The van der Waals surface area contributed by atoms with E-state index in [1.807, 2.05) is 0 Å². The summed E-state index contributed by atoms with van der Waals surface area (Å²) in [7, 11) is 0. The van der Waals surface area contributed by atoms with Crippen LogP contribution in [-0.2, 0) is 0 Å². The summed E-state index contributed by atoms with van der Waals surface area (Å²) in [6, 6.07) is 0. The summed E-state index contributed by atoms with van der Waals surface area (Å²) in [5.41, 5.74) is 0. The van der Waals surface area contributed by atoms with Crippen LogP contribution in [-0.4, -0.2) is 22.4 Å². The van der Waals surface area contributed by atoms with Crippen LogP contribution in [0, 0.1) is 0 Å². The molecule has 0 bridgehead atoms. The molecule has 0 fully saturated rings. The van der Waals surface area contributed by atoms with Gasteiger partial charge in [-0.15, -0.1) is 0 Å². The fraction of sp³-hybridized carbons (Fsp3) is 0.500. The predicted octanol–water partition coefficient (Wildman–Crippen LogP) is 2.70. The molecule has 1 rings (SSSR count). The van der Waals surface area contributed by atoms with Crippen LogP contribution >= 0.6 is 15.9 Å². The first kappa shape index (κ1) is 11.3. The number of nitrogens with one attached hydrogen (secondary N) is 1. The molecular weight excluding hydrogens is 256 g/mol. The SMILES string of the molecule is CCC(F)(F)CNc1ncc(Br)cn1. The lowest BCUT2D eigenvalue weighted by Gasteiger charge is -2.14. The lowest BCUT2D eigenvalue weighted by atomic mass is 10.2. The van der Waals surface area contributed by atoms with Gasteiger partial charge in [-0.3, -0.25) is 0 Å². The van der Waals surface area contributed by atoms with Gasteiger partial charge in [0.05, 0.1) is 11.0 Å². The molecule has 6 heteroatoms. The summed E-state index contributed by atoms with van der Waals surface area (Å²) in [4.78, 5) is 7.63. The van der Waals surface area contributed by atoms with Crippen molar-refractivity contribution >= 4 is 21.9 Å². The van der Waals surface area contributed by atoms with Crippen LogP contribution in [0.15, 0.2) is 16.9 Å². The van der Waals surface area contributed by atoms with Gasteiger partial charge in [-0.25, -0.2) is 18.7 Å². The van der Waals surface area contributed by atoms with Crippen LogP contribution in [0.5, 0.6) is 0 Å². The number of aromatic nitrogens is 2. The molecule has 0 aliphatic heterocycles. The Labute approximate surface area is 89.1 Å². The Morgan fingerprint density at radius 2 is 2.00 bits per heavy atom. The molecule has 0 radical (unpaired) electrons. The molecule has 0 unspecified atom stereocenters. The molecule has 78 valence electrons. The van der Waals surface area contributed by atoms with Gasteiger partial charge in [0.2, 0.25) is 5.95 Å². The Morgan fingerprint density at radius 1 is 1.43 bits per heavy atom. The maximum absolute atomic E-state index is 12.8. The summed E-state index contributed by atoms with van der Waals surface area (Å²) in [5.74, 6) is -2.50. The maximum atomic E-state index is 12.8. The number of hydrogen-bond acceptors (Lipinski definition) is 3. The van der Waals surface area contributed by atoms with Crippen LogP contribution in [0.1, 0.15) is 13.3 Å². The highest BCUT2D eigenvalue weighted by atomic mass is 79.9. The van der Waals surface area contributed by atoms with E-state index in [0.29, 0.717) is 4.47 Å². The summed E-state index contributed by atoms with van der Waals surface area (Å²) in [6.45, 7) is 0.995. The molecule has 0 saturated carbocycles. The van der Waals surface area contributed by atoms with E-state index in [1.165, 1.54) is 19.3 Å². The van der Waals surface area contributed by atoms with Crippen molar-refractivity contribution in [3.63, 3.8) is 0 Å².